The molecule has 200 valence electrons. The van der Waals surface area contributed by atoms with Crippen molar-refractivity contribution in [1.29, 1.82) is 0 Å². The van der Waals surface area contributed by atoms with Gasteiger partial charge in [0.2, 0.25) is 0 Å². The number of rotatable bonds is 9. The molecule has 8 nitrogen and oxygen atoms in total. The molecule has 2 amide bonds. The van der Waals surface area contributed by atoms with Crippen LogP contribution >= 0.6 is 11.6 Å². The van der Waals surface area contributed by atoms with Crippen LogP contribution in [0.25, 0.3) is 0 Å². The van der Waals surface area contributed by atoms with E-state index in [1.54, 1.807) is 31.3 Å². The molecule has 38 heavy (non-hydrogen) atoms. The fourth-order valence-electron chi connectivity index (χ4n) is 4.17. The highest BCUT2D eigenvalue weighted by atomic mass is 35.5. The highest BCUT2D eigenvalue weighted by Gasteiger charge is 2.18. The first-order valence-electron chi connectivity index (χ1n) is 12.8. The van der Waals surface area contributed by atoms with Crippen LogP contribution in [0.4, 0.5) is 10.5 Å². The molecule has 3 N–H and O–H groups in total. The molecule has 3 aromatic rings. The third kappa shape index (κ3) is 7.24. The molecule has 1 aliphatic heterocycles. The first-order valence-corrected chi connectivity index (χ1v) is 13.2. The number of hydrogen-bond acceptors (Lipinski definition) is 6. The Morgan fingerprint density at radius 1 is 1.05 bits per heavy atom. The maximum Gasteiger partial charge on any atom is 0.319 e. The zero-order valence-electron chi connectivity index (χ0n) is 21.9. The lowest BCUT2D eigenvalue weighted by Crippen LogP contribution is -2.34. The van der Waals surface area contributed by atoms with Crippen LogP contribution < -0.4 is 25.4 Å². The van der Waals surface area contributed by atoms with Crippen LogP contribution in [0.1, 0.15) is 53.4 Å². The summed E-state index contributed by atoms with van der Waals surface area (Å²) in [5, 5.41) is 9.72. The second-order valence-corrected chi connectivity index (χ2v) is 9.74. The lowest BCUT2D eigenvalue weighted by molar-refractivity contribution is 0.0983. The number of ether oxygens (including phenoxy) is 2. The van der Waals surface area contributed by atoms with E-state index >= 15 is 0 Å². The van der Waals surface area contributed by atoms with Crippen molar-refractivity contribution in [3.8, 4) is 17.2 Å². The third-order valence-electron chi connectivity index (χ3n) is 6.35. The number of nitrogens with zero attached hydrogens (tertiary/aromatic N) is 1. The van der Waals surface area contributed by atoms with Gasteiger partial charge in [-0.3, -0.25) is 9.78 Å². The maximum atomic E-state index is 12.8. The number of carbonyl (C=O) groups is 2. The van der Waals surface area contributed by atoms with Gasteiger partial charge in [0, 0.05) is 36.3 Å². The summed E-state index contributed by atoms with van der Waals surface area (Å²) in [6.07, 6.45) is 3.82. The minimum atomic E-state index is -0.343. The van der Waals surface area contributed by atoms with Crippen molar-refractivity contribution < 1.29 is 19.1 Å². The van der Waals surface area contributed by atoms with Gasteiger partial charge in [-0.25, -0.2) is 4.79 Å². The van der Waals surface area contributed by atoms with Gasteiger partial charge in [-0.1, -0.05) is 30.7 Å². The summed E-state index contributed by atoms with van der Waals surface area (Å²) in [6, 6.07) is 12.3. The van der Waals surface area contributed by atoms with E-state index in [0.717, 1.165) is 42.6 Å². The number of anilines is 1. The van der Waals surface area contributed by atoms with E-state index in [1.165, 1.54) is 0 Å². The van der Waals surface area contributed by atoms with E-state index in [-0.39, 0.29) is 17.9 Å². The summed E-state index contributed by atoms with van der Waals surface area (Å²) < 4.78 is 12.2. The predicted octanol–water partition coefficient (Wildman–Crippen LogP) is 6.19. The van der Waals surface area contributed by atoms with Crippen molar-refractivity contribution in [3.63, 3.8) is 0 Å². The Kier molecular flexibility index (Phi) is 9.20. The molecule has 0 unspecified atom stereocenters. The van der Waals surface area contributed by atoms with E-state index in [1.807, 2.05) is 38.1 Å². The van der Waals surface area contributed by atoms with Crippen molar-refractivity contribution in [3.05, 3.63) is 76.1 Å². The SMILES string of the molecule is CCC(=O)c1cc(Oc2ccc(CNC(=O)Nc3cc(C)c(Cl)cc3OC3CCNCC3)cc2C)ccn1. The minimum absolute atomic E-state index is 0.0365. The third-order valence-corrected chi connectivity index (χ3v) is 6.75. The first kappa shape index (κ1) is 27.4. The Hall–Kier alpha value is -3.62. The molecule has 1 saturated heterocycles. The quantitative estimate of drug-likeness (QED) is 0.282. The molecule has 1 fully saturated rings. The van der Waals surface area contributed by atoms with Crippen LogP contribution in [-0.2, 0) is 6.54 Å². The van der Waals surface area contributed by atoms with Crippen molar-refractivity contribution >= 4 is 29.1 Å². The molecule has 0 saturated carbocycles. The average Bonchev–Trinajstić information content (AvgIpc) is 2.92. The van der Waals surface area contributed by atoms with Crippen LogP contribution in [0.2, 0.25) is 5.02 Å². The Morgan fingerprint density at radius 2 is 1.84 bits per heavy atom. The summed E-state index contributed by atoms with van der Waals surface area (Å²) in [4.78, 5) is 28.8. The Bertz CT molecular complexity index is 1310. The molecule has 1 aromatic heterocycles. The Morgan fingerprint density at radius 3 is 2.58 bits per heavy atom. The van der Waals surface area contributed by atoms with Crippen LogP contribution in [0.3, 0.4) is 0 Å². The van der Waals surface area contributed by atoms with Gasteiger partial charge in [-0.05, 0) is 74.7 Å². The largest absolute Gasteiger partial charge is 0.488 e. The maximum absolute atomic E-state index is 12.8. The normalized spacial score (nSPS) is 13.6. The molecular formula is C29H33ClN4O4. The first-order chi connectivity index (χ1) is 18.3. The lowest BCUT2D eigenvalue weighted by Gasteiger charge is -2.25. The van der Waals surface area contributed by atoms with Gasteiger partial charge >= 0.3 is 6.03 Å². The number of pyridine rings is 1. The second-order valence-electron chi connectivity index (χ2n) is 9.33. The number of halogens is 1. The summed E-state index contributed by atoms with van der Waals surface area (Å²) in [6.45, 7) is 7.75. The van der Waals surface area contributed by atoms with E-state index in [2.05, 4.69) is 20.9 Å². The van der Waals surface area contributed by atoms with Crippen LogP contribution in [0.5, 0.6) is 17.2 Å². The molecule has 0 radical (unpaired) electrons. The van der Waals surface area contributed by atoms with Gasteiger partial charge in [0.25, 0.3) is 0 Å². The van der Waals surface area contributed by atoms with E-state index in [0.29, 0.717) is 46.6 Å². The Labute approximate surface area is 228 Å². The number of piperidine rings is 1. The molecule has 1 aliphatic rings. The topological polar surface area (TPSA) is 102 Å². The van der Waals surface area contributed by atoms with Crippen molar-refractivity contribution in [2.24, 2.45) is 0 Å². The number of Topliss-reactive ketones (excluding diaryl/α,β-unsaturated/α-hetero) is 1. The predicted molar refractivity (Wildman–Crippen MR) is 149 cm³/mol. The lowest BCUT2D eigenvalue weighted by atomic mass is 10.1. The Balaban J connectivity index is 1.37. The monoisotopic (exact) mass is 536 g/mol. The highest BCUT2D eigenvalue weighted by Crippen LogP contribution is 2.33. The van der Waals surface area contributed by atoms with Gasteiger partial charge in [0.05, 0.1) is 5.69 Å². The molecule has 0 atom stereocenters. The number of carbonyl (C=O) groups excluding carboxylic acids is 2. The van der Waals surface area contributed by atoms with Crippen LogP contribution in [0.15, 0.2) is 48.7 Å². The molecule has 0 bridgehead atoms. The molecule has 2 heterocycles. The summed E-state index contributed by atoms with van der Waals surface area (Å²) in [5.74, 6) is 1.74. The molecule has 0 spiro atoms. The zero-order valence-corrected chi connectivity index (χ0v) is 22.7. The van der Waals surface area contributed by atoms with Crippen molar-refractivity contribution in [2.45, 2.75) is 52.7 Å². The zero-order chi connectivity index (χ0) is 27.1. The molecule has 0 aliphatic carbocycles. The number of urea groups is 1. The van der Waals surface area contributed by atoms with E-state index < -0.39 is 0 Å². The number of amides is 2. The molecule has 4 rings (SSSR count). The molecule has 9 heteroatoms. The highest BCUT2D eigenvalue weighted by molar-refractivity contribution is 6.31. The summed E-state index contributed by atoms with van der Waals surface area (Å²) in [7, 11) is 0. The van der Waals surface area contributed by atoms with Gasteiger partial charge in [-0.2, -0.15) is 0 Å². The second kappa shape index (κ2) is 12.8. The van der Waals surface area contributed by atoms with Crippen molar-refractivity contribution in [2.75, 3.05) is 18.4 Å². The van der Waals surface area contributed by atoms with Crippen molar-refractivity contribution in [1.82, 2.24) is 15.6 Å². The fraction of sp³-hybridized carbons (Fsp3) is 0.345. The number of benzene rings is 2. The summed E-state index contributed by atoms with van der Waals surface area (Å²) >= 11 is 6.34. The smallest absolute Gasteiger partial charge is 0.319 e. The number of nitrogens with one attached hydrogen (secondary N) is 3. The standard InChI is InChI=1S/C29H33ClN4O4/c1-4-26(35)24-15-22(9-12-32-24)38-27-6-5-20(13-19(27)3)17-33-29(36)34-25-14-18(2)23(30)16-28(25)37-21-7-10-31-11-8-21/h5-6,9,12-16,21,31H,4,7-8,10-11,17H2,1-3H3,(H2,33,34,36). The van der Waals surface area contributed by atoms with Gasteiger partial charge in [-0.15, -0.1) is 0 Å². The molecular weight excluding hydrogens is 504 g/mol. The summed E-state index contributed by atoms with van der Waals surface area (Å²) in [5.41, 5.74) is 3.64. The average molecular weight is 537 g/mol. The minimum Gasteiger partial charge on any atom is -0.488 e. The number of hydrogen-bond donors (Lipinski definition) is 3. The van der Waals surface area contributed by atoms with Gasteiger partial charge < -0.3 is 25.4 Å². The van der Waals surface area contributed by atoms with Gasteiger partial charge in [0.15, 0.2) is 5.78 Å². The number of aromatic nitrogens is 1. The van der Waals surface area contributed by atoms with E-state index in [4.69, 9.17) is 21.1 Å². The number of ketones is 1. The number of aryl methyl sites for hydroxylation is 2. The van der Waals surface area contributed by atoms with Gasteiger partial charge in [0.1, 0.15) is 29.0 Å². The van der Waals surface area contributed by atoms with Crippen LogP contribution in [-0.4, -0.2) is 36.0 Å². The van der Waals surface area contributed by atoms with Crippen LogP contribution in [0, 0.1) is 13.8 Å². The molecule has 2 aromatic carbocycles. The van der Waals surface area contributed by atoms with E-state index in [9.17, 15) is 9.59 Å². The fourth-order valence-corrected chi connectivity index (χ4v) is 4.32.